The first-order chi connectivity index (χ1) is 10.5. The lowest BCUT2D eigenvalue weighted by Crippen LogP contribution is -2.39. The number of furan rings is 1. The van der Waals surface area contributed by atoms with Gasteiger partial charge in [-0.15, -0.1) is 0 Å². The Labute approximate surface area is 135 Å². The molecule has 7 heteroatoms. The van der Waals surface area contributed by atoms with Crippen molar-refractivity contribution in [2.24, 2.45) is 0 Å². The molecule has 0 radical (unpaired) electrons. The quantitative estimate of drug-likeness (QED) is 0.876. The van der Waals surface area contributed by atoms with E-state index in [0.717, 1.165) is 6.07 Å². The molecule has 1 aromatic heterocycles. The Morgan fingerprint density at radius 3 is 2.43 bits per heavy atom. The normalized spacial score (nSPS) is 14.7. The van der Waals surface area contributed by atoms with Crippen LogP contribution in [0.1, 0.15) is 29.6 Å². The zero-order chi connectivity index (χ0) is 17.4. The van der Waals surface area contributed by atoms with E-state index < -0.39 is 26.3 Å². The molecule has 0 aliphatic rings. The topological polar surface area (TPSA) is 79.5 Å². The van der Waals surface area contributed by atoms with Crippen LogP contribution in [0.2, 0.25) is 0 Å². The van der Waals surface area contributed by atoms with E-state index in [2.05, 4.69) is 4.72 Å². The number of aliphatic hydroxyl groups is 1. The number of halogens is 1. The van der Waals surface area contributed by atoms with Gasteiger partial charge in [-0.05, 0) is 51.5 Å². The van der Waals surface area contributed by atoms with E-state index in [0.29, 0.717) is 22.6 Å². The second-order valence-electron chi connectivity index (χ2n) is 5.86. The van der Waals surface area contributed by atoms with Crippen molar-refractivity contribution >= 4 is 10.0 Å². The van der Waals surface area contributed by atoms with Gasteiger partial charge in [0.15, 0.2) is 0 Å². The van der Waals surface area contributed by atoms with Crippen molar-refractivity contribution in [3.8, 4) is 0 Å². The van der Waals surface area contributed by atoms with E-state index >= 15 is 0 Å². The molecule has 1 unspecified atom stereocenters. The Balaban J connectivity index is 2.23. The van der Waals surface area contributed by atoms with Crippen LogP contribution in [-0.4, -0.2) is 20.1 Å². The van der Waals surface area contributed by atoms with Gasteiger partial charge in [-0.1, -0.05) is 6.07 Å². The summed E-state index contributed by atoms with van der Waals surface area (Å²) in [4.78, 5) is -0.445. The molecule has 0 saturated heterocycles. The number of rotatable bonds is 5. The van der Waals surface area contributed by atoms with Gasteiger partial charge < -0.3 is 9.52 Å². The molecule has 0 aliphatic heterocycles. The number of hydrogen-bond acceptors (Lipinski definition) is 4. The van der Waals surface area contributed by atoms with Crippen molar-refractivity contribution < 1.29 is 22.3 Å². The second-order valence-corrected chi connectivity index (χ2v) is 7.59. The molecule has 2 aromatic rings. The van der Waals surface area contributed by atoms with Crippen LogP contribution in [0.4, 0.5) is 4.39 Å². The standard InChI is InChI=1S/C16H20FNO4S/c1-10-5-6-15(14(17)7-10)23(20,21)18-9-16(4,19)13-8-11(2)22-12(13)3/h5-8,18-19H,9H2,1-4H3. The number of hydrogen-bond donors (Lipinski definition) is 2. The Hall–Kier alpha value is -1.70. The van der Waals surface area contributed by atoms with Crippen molar-refractivity contribution in [3.63, 3.8) is 0 Å². The van der Waals surface area contributed by atoms with Crippen LogP contribution >= 0.6 is 0 Å². The van der Waals surface area contributed by atoms with Crippen LogP contribution in [0.25, 0.3) is 0 Å². The summed E-state index contributed by atoms with van der Waals surface area (Å²) in [5, 5.41) is 10.5. The van der Waals surface area contributed by atoms with E-state index in [1.807, 2.05) is 0 Å². The third-order valence-corrected chi connectivity index (χ3v) is 5.04. The van der Waals surface area contributed by atoms with E-state index in [9.17, 15) is 17.9 Å². The summed E-state index contributed by atoms with van der Waals surface area (Å²) < 4.78 is 46.0. The molecule has 1 aromatic carbocycles. The average molecular weight is 341 g/mol. The van der Waals surface area contributed by atoms with Gasteiger partial charge >= 0.3 is 0 Å². The minimum absolute atomic E-state index is 0.303. The fourth-order valence-corrected chi connectivity index (χ4v) is 3.59. The fraction of sp³-hybridized carbons (Fsp3) is 0.375. The van der Waals surface area contributed by atoms with Crippen molar-refractivity contribution in [1.82, 2.24) is 4.72 Å². The summed E-state index contributed by atoms with van der Waals surface area (Å²) in [6.07, 6.45) is 0. The molecule has 1 heterocycles. The minimum Gasteiger partial charge on any atom is -0.466 e. The molecule has 0 saturated carbocycles. The van der Waals surface area contributed by atoms with Gasteiger partial charge in [-0.3, -0.25) is 0 Å². The molecule has 5 nitrogen and oxygen atoms in total. The lowest BCUT2D eigenvalue weighted by atomic mass is 9.97. The van der Waals surface area contributed by atoms with Gasteiger partial charge in [0.05, 0.1) is 0 Å². The molecule has 126 valence electrons. The first-order valence-electron chi connectivity index (χ1n) is 7.08. The molecular formula is C16H20FNO4S. The van der Waals surface area contributed by atoms with Crippen molar-refractivity contribution in [1.29, 1.82) is 0 Å². The molecule has 2 N–H and O–H groups in total. The van der Waals surface area contributed by atoms with Crippen LogP contribution in [-0.2, 0) is 15.6 Å². The van der Waals surface area contributed by atoms with Gasteiger partial charge in [-0.2, -0.15) is 0 Å². The Morgan fingerprint density at radius 1 is 1.26 bits per heavy atom. The average Bonchev–Trinajstić information content (AvgIpc) is 2.76. The maximum atomic E-state index is 13.9. The molecule has 2 rings (SSSR count). The largest absolute Gasteiger partial charge is 0.466 e. The Kier molecular flexibility index (Phi) is 4.66. The van der Waals surface area contributed by atoms with Crippen molar-refractivity contribution in [2.45, 2.75) is 38.2 Å². The third kappa shape index (κ3) is 3.80. The maximum absolute atomic E-state index is 13.9. The molecule has 0 aliphatic carbocycles. The molecule has 0 spiro atoms. The minimum atomic E-state index is -4.07. The van der Waals surface area contributed by atoms with Gasteiger partial charge in [0, 0.05) is 12.1 Å². The van der Waals surface area contributed by atoms with Gasteiger partial charge in [0.2, 0.25) is 10.0 Å². The second kappa shape index (κ2) is 6.07. The zero-order valence-corrected chi connectivity index (χ0v) is 14.3. The number of benzene rings is 1. The van der Waals surface area contributed by atoms with Crippen LogP contribution < -0.4 is 4.72 Å². The predicted molar refractivity (Wildman–Crippen MR) is 84.1 cm³/mol. The monoisotopic (exact) mass is 341 g/mol. The summed E-state index contributed by atoms with van der Waals surface area (Å²) in [6.45, 7) is 6.26. The lowest BCUT2D eigenvalue weighted by Gasteiger charge is -2.23. The van der Waals surface area contributed by atoms with Gasteiger partial charge in [0.25, 0.3) is 0 Å². The van der Waals surface area contributed by atoms with E-state index in [-0.39, 0.29) is 6.54 Å². The Bertz CT molecular complexity index is 825. The number of aryl methyl sites for hydroxylation is 3. The summed E-state index contributed by atoms with van der Waals surface area (Å²) >= 11 is 0. The van der Waals surface area contributed by atoms with Crippen LogP contribution in [0.5, 0.6) is 0 Å². The SMILES string of the molecule is Cc1ccc(S(=O)(=O)NCC(C)(O)c2cc(C)oc2C)c(F)c1. The predicted octanol–water partition coefficient (Wildman–Crippen LogP) is 2.53. The smallest absolute Gasteiger partial charge is 0.243 e. The van der Waals surface area contributed by atoms with Crippen molar-refractivity contribution in [3.05, 3.63) is 52.7 Å². The molecule has 0 fully saturated rings. The highest BCUT2D eigenvalue weighted by atomic mass is 32.2. The highest BCUT2D eigenvalue weighted by Gasteiger charge is 2.30. The number of sulfonamides is 1. The van der Waals surface area contributed by atoms with Crippen molar-refractivity contribution in [2.75, 3.05) is 6.54 Å². The van der Waals surface area contributed by atoms with E-state index in [1.54, 1.807) is 26.8 Å². The van der Waals surface area contributed by atoms with Gasteiger partial charge in [0.1, 0.15) is 27.8 Å². The Morgan fingerprint density at radius 2 is 1.91 bits per heavy atom. The molecule has 0 bridgehead atoms. The highest BCUT2D eigenvalue weighted by molar-refractivity contribution is 7.89. The summed E-state index contributed by atoms with van der Waals surface area (Å²) in [7, 11) is -4.07. The van der Waals surface area contributed by atoms with Gasteiger partial charge in [-0.25, -0.2) is 17.5 Å². The summed E-state index contributed by atoms with van der Waals surface area (Å²) in [6, 6.07) is 5.51. The summed E-state index contributed by atoms with van der Waals surface area (Å²) in [5.41, 5.74) is -0.365. The zero-order valence-electron chi connectivity index (χ0n) is 13.5. The first-order valence-corrected chi connectivity index (χ1v) is 8.57. The van der Waals surface area contributed by atoms with Crippen LogP contribution in [0.3, 0.4) is 0 Å². The maximum Gasteiger partial charge on any atom is 0.243 e. The first kappa shape index (κ1) is 17.7. The molecular weight excluding hydrogens is 321 g/mol. The number of nitrogens with one attached hydrogen (secondary N) is 1. The molecule has 0 amide bonds. The van der Waals surface area contributed by atoms with Crippen LogP contribution in [0, 0.1) is 26.6 Å². The molecule has 23 heavy (non-hydrogen) atoms. The van der Waals surface area contributed by atoms with Crippen LogP contribution in [0.15, 0.2) is 33.6 Å². The fourth-order valence-electron chi connectivity index (χ4n) is 2.40. The highest BCUT2D eigenvalue weighted by Crippen LogP contribution is 2.27. The summed E-state index contributed by atoms with van der Waals surface area (Å²) in [5.74, 6) is 0.297. The van der Waals surface area contributed by atoms with E-state index in [1.165, 1.54) is 19.1 Å². The third-order valence-electron chi connectivity index (χ3n) is 3.60. The molecule has 1 atom stereocenters. The van der Waals surface area contributed by atoms with E-state index in [4.69, 9.17) is 4.42 Å². The lowest BCUT2D eigenvalue weighted by molar-refractivity contribution is 0.0612.